The molecule has 7 nitrogen and oxygen atoms in total. The number of halogens is 2. The molecule has 0 aromatic heterocycles. The first kappa shape index (κ1) is 30.3. The summed E-state index contributed by atoms with van der Waals surface area (Å²) in [5, 5.41) is 4.00. The van der Waals surface area contributed by atoms with Crippen LogP contribution in [0.5, 0.6) is 0 Å². The highest BCUT2D eigenvalue weighted by molar-refractivity contribution is 6.36. The van der Waals surface area contributed by atoms with E-state index in [2.05, 4.69) is 5.32 Å². The van der Waals surface area contributed by atoms with Gasteiger partial charge in [-0.05, 0) is 43.4 Å². The van der Waals surface area contributed by atoms with Crippen molar-refractivity contribution in [2.45, 2.75) is 76.4 Å². The van der Waals surface area contributed by atoms with Crippen LogP contribution in [0.4, 0.5) is 0 Å². The number of carbonyl (C=O) groups is 4. The molecule has 222 valence electrons. The first-order chi connectivity index (χ1) is 20.3. The Morgan fingerprint density at radius 2 is 1.50 bits per heavy atom. The minimum atomic E-state index is -0.842. The molecule has 0 spiro atoms. The number of nitrogens with one attached hydrogen (secondary N) is 1. The van der Waals surface area contributed by atoms with Crippen molar-refractivity contribution in [3.63, 3.8) is 0 Å². The van der Waals surface area contributed by atoms with Gasteiger partial charge in [-0.3, -0.25) is 24.1 Å². The lowest BCUT2D eigenvalue weighted by molar-refractivity contribution is -0.144. The van der Waals surface area contributed by atoms with Gasteiger partial charge in [0.15, 0.2) is 0 Å². The zero-order valence-corrected chi connectivity index (χ0v) is 25.2. The van der Waals surface area contributed by atoms with Gasteiger partial charge in [-0.2, -0.15) is 0 Å². The van der Waals surface area contributed by atoms with E-state index in [1.807, 2.05) is 42.5 Å². The Morgan fingerprint density at radius 3 is 2.12 bits per heavy atom. The first-order valence-electron chi connectivity index (χ1n) is 14.9. The van der Waals surface area contributed by atoms with E-state index in [9.17, 15) is 19.2 Å². The van der Waals surface area contributed by atoms with Crippen LogP contribution in [0, 0.1) is 11.8 Å². The number of rotatable bonds is 10. The maximum atomic E-state index is 14.1. The maximum Gasteiger partial charge on any atom is 0.243 e. The molecule has 5 rings (SSSR count). The number of nitrogens with zero attached hydrogens (tertiary/aromatic N) is 2. The van der Waals surface area contributed by atoms with Crippen molar-refractivity contribution in [1.29, 1.82) is 0 Å². The normalized spacial score (nSPS) is 21.2. The monoisotopic (exact) mass is 609 g/mol. The molecule has 3 aliphatic rings. The molecule has 1 aliphatic heterocycles. The zero-order valence-electron chi connectivity index (χ0n) is 23.6. The topological polar surface area (TPSA) is 86.8 Å². The SMILES string of the molecule is O=C(NC1CCCCC1)[C@@H](Cc1ccccc1)N(Cc1c(Cl)cccc1Cl)C(=O)CCN1C(=O)[C@H]2CC=CC[C@H]2C1=O. The third-order valence-corrected chi connectivity index (χ3v) is 9.47. The van der Waals surface area contributed by atoms with E-state index >= 15 is 0 Å². The van der Waals surface area contributed by atoms with Crippen molar-refractivity contribution in [1.82, 2.24) is 15.1 Å². The number of benzene rings is 2. The quantitative estimate of drug-likeness (QED) is 0.275. The van der Waals surface area contributed by atoms with Crippen molar-refractivity contribution in [2.75, 3.05) is 6.54 Å². The number of carbonyl (C=O) groups excluding carboxylic acids is 4. The Labute approximate surface area is 257 Å². The van der Waals surface area contributed by atoms with Crippen molar-refractivity contribution in [2.24, 2.45) is 11.8 Å². The van der Waals surface area contributed by atoms with Gasteiger partial charge in [0.2, 0.25) is 23.6 Å². The van der Waals surface area contributed by atoms with Gasteiger partial charge in [-0.25, -0.2) is 0 Å². The van der Waals surface area contributed by atoms with Gasteiger partial charge >= 0.3 is 0 Å². The summed E-state index contributed by atoms with van der Waals surface area (Å²) in [4.78, 5) is 56.9. The van der Waals surface area contributed by atoms with Crippen LogP contribution in [0.2, 0.25) is 10.0 Å². The van der Waals surface area contributed by atoms with Gasteiger partial charge in [-0.1, -0.05) is 91.0 Å². The molecule has 4 amide bonds. The molecule has 42 heavy (non-hydrogen) atoms. The van der Waals surface area contributed by atoms with E-state index in [1.165, 1.54) is 9.80 Å². The van der Waals surface area contributed by atoms with Crippen LogP contribution in [0.1, 0.15) is 62.5 Å². The lowest BCUT2D eigenvalue weighted by Crippen LogP contribution is -2.53. The minimum Gasteiger partial charge on any atom is -0.352 e. The molecule has 1 heterocycles. The highest BCUT2D eigenvalue weighted by Gasteiger charge is 2.47. The van der Waals surface area contributed by atoms with E-state index in [-0.39, 0.29) is 61.0 Å². The summed E-state index contributed by atoms with van der Waals surface area (Å²) >= 11 is 13.1. The van der Waals surface area contributed by atoms with Crippen LogP contribution >= 0.6 is 23.2 Å². The van der Waals surface area contributed by atoms with Crippen LogP contribution < -0.4 is 5.32 Å². The van der Waals surface area contributed by atoms with E-state index in [4.69, 9.17) is 23.2 Å². The largest absolute Gasteiger partial charge is 0.352 e. The van der Waals surface area contributed by atoms with Crippen LogP contribution in [0.3, 0.4) is 0 Å². The van der Waals surface area contributed by atoms with Crippen LogP contribution in [-0.2, 0) is 32.1 Å². The van der Waals surface area contributed by atoms with Gasteiger partial charge in [0.05, 0.1) is 11.8 Å². The molecule has 3 atom stereocenters. The van der Waals surface area contributed by atoms with E-state index in [0.717, 1.165) is 37.7 Å². The summed E-state index contributed by atoms with van der Waals surface area (Å²) in [5.74, 6) is -1.74. The van der Waals surface area contributed by atoms with Crippen LogP contribution in [0.15, 0.2) is 60.7 Å². The Kier molecular flexibility index (Phi) is 10.0. The number of imide groups is 1. The molecular weight excluding hydrogens is 573 g/mol. The smallest absolute Gasteiger partial charge is 0.243 e. The number of hydrogen-bond donors (Lipinski definition) is 1. The second kappa shape index (κ2) is 13.9. The molecule has 9 heteroatoms. The molecule has 0 unspecified atom stereocenters. The van der Waals surface area contributed by atoms with Crippen molar-refractivity contribution in [3.05, 3.63) is 81.9 Å². The van der Waals surface area contributed by atoms with Gasteiger partial charge in [-0.15, -0.1) is 0 Å². The van der Waals surface area contributed by atoms with Crippen molar-refractivity contribution >= 4 is 46.8 Å². The number of hydrogen-bond acceptors (Lipinski definition) is 4. The summed E-state index contributed by atoms with van der Waals surface area (Å²) in [6.45, 7) is -0.0114. The lowest BCUT2D eigenvalue weighted by atomic mass is 9.85. The molecule has 2 fully saturated rings. The van der Waals surface area contributed by atoms with Gasteiger partial charge in [0.25, 0.3) is 0 Å². The minimum absolute atomic E-state index is 0.0178. The molecule has 1 saturated carbocycles. The second-order valence-corrected chi connectivity index (χ2v) is 12.3. The van der Waals surface area contributed by atoms with Gasteiger partial charge < -0.3 is 10.2 Å². The predicted octanol–water partition coefficient (Wildman–Crippen LogP) is 5.72. The molecule has 0 radical (unpaired) electrons. The number of likely N-dealkylation sites (tertiary alicyclic amines) is 1. The summed E-state index contributed by atoms with van der Waals surface area (Å²) < 4.78 is 0. The van der Waals surface area contributed by atoms with Crippen molar-refractivity contribution in [3.8, 4) is 0 Å². The maximum absolute atomic E-state index is 14.1. The highest BCUT2D eigenvalue weighted by atomic mass is 35.5. The summed E-state index contributed by atoms with van der Waals surface area (Å²) in [6.07, 6.45) is 10.2. The van der Waals surface area contributed by atoms with Gasteiger partial charge in [0.1, 0.15) is 6.04 Å². The Bertz CT molecular complexity index is 1300. The molecular formula is C33H37Cl2N3O4. The Balaban J connectivity index is 1.42. The fourth-order valence-electron chi connectivity index (χ4n) is 6.39. The fraction of sp³-hybridized carbons (Fsp3) is 0.455. The second-order valence-electron chi connectivity index (χ2n) is 11.5. The predicted molar refractivity (Wildman–Crippen MR) is 163 cm³/mol. The molecule has 1 N–H and O–H groups in total. The summed E-state index contributed by atoms with van der Waals surface area (Å²) in [7, 11) is 0. The Hall–Kier alpha value is -3.16. The van der Waals surface area contributed by atoms with Crippen molar-refractivity contribution < 1.29 is 19.2 Å². The molecule has 1 saturated heterocycles. The zero-order chi connectivity index (χ0) is 29.6. The first-order valence-corrected chi connectivity index (χ1v) is 15.7. The van der Waals surface area contributed by atoms with Gasteiger partial charge in [0, 0.05) is 47.6 Å². The lowest BCUT2D eigenvalue weighted by Gasteiger charge is -2.34. The average Bonchev–Trinajstić information content (AvgIpc) is 3.24. The molecule has 2 aliphatic carbocycles. The average molecular weight is 611 g/mol. The standard InChI is InChI=1S/C33H37Cl2N3O4/c34-27-16-9-17-28(35)26(27)21-38(30(39)18-19-37-32(41)24-14-7-8-15-25(24)33(37)42)29(20-22-10-3-1-4-11-22)31(40)36-23-12-5-2-6-13-23/h1,3-4,7-11,16-17,23-25,29H,2,5-6,12-15,18-21H2,(H,36,40)/t24-,25+,29-/m1/s1. The third kappa shape index (κ3) is 6.90. The molecule has 2 aromatic carbocycles. The number of allylic oxidation sites excluding steroid dienone is 2. The van der Waals surface area contributed by atoms with Crippen LogP contribution in [-0.4, -0.2) is 52.1 Å². The molecule has 2 aromatic rings. The Morgan fingerprint density at radius 1 is 0.881 bits per heavy atom. The van der Waals surface area contributed by atoms with Crippen LogP contribution in [0.25, 0.3) is 0 Å². The summed E-state index contributed by atoms with van der Waals surface area (Å²) in [6, 6.07) is 13.9. The van der Waals surface area contributed by atoms with E-state index in [0.29, 0.717) is 34.9 Å². The number of fused-ring (bicyclic) bond motifs is 1. The van der Waals surface area contributed by atoms with E-state index < -0.39 is 6.04 Å². The fourth-order valence-corrected chi connectivity index (χ4v) is 6.91. The number of amides is 4. The van der Waals surface area contributed by atoms with E-state index in [1.54, 1.807) is 18.2 Å². The highest BCUT2D eigenvalue weighted by Crippen LogP contribution is 2.35. The molecule has 0 bridgehead atoms. The summed E-state index contributed by atoms with van der Waals surface area (Å²) in [5.41, 5.74) is 1.45. The third-order valence-electron chi connectivity index (χ3n) is 8.76.